The van der Waals surface area contributed by atoms with Gasteiger partial charge in [0.15, 0.2) is 0 Å². The molecular weight excluding hydrogens is 420 g/mol. The van der Waals surface area contributed by atoms with E-state index in [0.717, 1.165) is 5.70 Å². The number of para-hydroxylation sites is 1. The van der Waals surface area contributed by atoms with Gasteiger partial charge in [-0.2, -0.15) is 0 Å². The van der Waals surface area contributed by atoms with Crippen molar-refractivity contribution >= 4 is 28.9 Å². The van der Waals surface area contributed by atoms with Gasteiger partial charge in [-0.15, -0.1) is 0 Å². The molecule has 0 aromatic heterocycles. The van der Waals surface area contributed by atoms with Crippen LogP contribution in [0.3, 0.4) is 0 Å². The summed E-state index contributed by atoms with van der Waals surface area (Å²) in [6.07, 6.45) is -0.540. The second kappa shape index (κ2) is 8.82. The molecule has 1 aromatic rings. The molecule has 0 spiro atoms. The summed E-state index contributed by atoms with van der Waals surface area (Å²) in [5.41, 5.74) is 2.92. The highest BCUT2D eigenvalue weighted by atomic mass is 35.5. The van der Waals surface area contributed by atoms with E-state index in [2.05, 4.69) is 10.3 Å². The number of hydrogen-bond acceptors (Lipinski definition) is 7. The number of aliphatic imine (C=N–C) groups is 1. The van der Waals surface area contributed by atoms with Crippen LogP contribution in [0.4, 0.5) is 0 Å². The molecule has 31 heavy (non-hydrogen) atoms. The van der Waals surface area contributed by atoms with Crippen LogP contribution >= 0.6 is 11.6 Å². The minimum absolute atomic E-state index is 0.177. The fourth-order valence-electron chi connectivity index (χ4n) is 3.75. The number of nitrogens with one attached hydrogen (secondary N) is 2. The summed E-state index contributed by atoms with van der Waals surface area (Å²) in [4.78, 5) is 19.4. The number of allylic oxidation sites excluding steroid dienone is 2. The van der Waals surface area contributed by atoms with E-state index in [1.54, 1.807) is 29.2 Å². The Hall–Kier alpha value is -2.68. The quantitative estimate of drug-likeness (QED) is 0.661. The normalized spacial score (nSPS) is 26.3. The summed E-state index contributed by atoms with van der Waals surface area (Å²) in [6, 6.07) is 6.93. The number of hydrogen-bond donors (Lipinski definition) is 3. The molecule has 3 N–H and O–H groups in total. The number of benzene rings is 1. The van der Waals surface area contributed by atoms with Crippen LogP contribution in [0.25, 0.3) is 0 Å². The zero-order valence-corrected chi connectivity index (χ0v) is 18.2. The molecule has 2 atom stereocenters. The lowest BCUT2D eigenvalue weighted by molar-refractivity contribution is 0.0688. The van der Waals surface area contributed by atoms with Gasteiger partial charge in [0.25, 0.3) is 5.91 Å². The van der Waals surface area contributed by atoms with Crippen molar-refractivity contribution in [3.63, 3.8) is 0 Å². The van der Waals surface area contributed by atoms with Crippen LogP contribution in [0.5, 0.6) is 5.75 Å². The molecule has 9 heteroatoms. The molecule has 3 aliphatic heterocycles. The predicted octanol–water partition coefficient (Wildman–Crippen LogP) is 2.44. The third-order valence-corrected chi connectivity index (χ3v) is 6.02. The Morgan fingerprint density at radius 2 is 2.16 bits per heavy atom. The zero-order valence-electron chi connectivity index (χ0n) is 17.4. The first-order chi connectivity index (χ1) is 14.9. The molecule has 1 aromatic carbocycles. The molecule has 1 amide bonds. The number of rotatable bonds is 4. The molecule has 4 rings (SSSR count). The first-order valence-electron chi connectivity index (χ1n) is 10.2. The van der Waals surface area contributed by atoms with Gasteiger partial charge in [0.2, 0.25) is 0 Å². The van der Waals surface area contributed by atoms with E-state index in [-0.39, 0.29) is 32.2 Å². The molecule has 3 aliphatic rings. The van der Waals surface area contributed by atoms with Gasteiger partial charge in [-0.3, -0.25) is 4.79 Å². The number of likely N-dealkylation sites (tertiary alicyclic amines) is 1. The van der Waals surface area contributed by atoms with E-state index < -0.39 is 12.2 Å². The Morgan fingerprint density at radius 3 is 2.87 bits per heavy atom. The molecule has 0 unspecified atom stereocenters. The summed E-state index contributed by atoms with van der Waals surface area (Å²) in [6.45, 7) is 4.74. The molecular formula is C22H25ClN4O4. The third kappa shape index (κ3) is 4.23. The van der Waals surface area contributed by atoms with Crippen LogP contribution in [-0.2, 0) is 4.74 Å². The van der Waals surface area contributed by atoms with Gasteiger partial charge in [-0.1, -0.05) is 30.7 Å². The number of ether oxygens (including phenoxy) is 2. The molecule has 3 heterocycles. The van der Waals surface area contributed by atoms with Crippen molar-refractivity contribution in [2.24, 2.45) is 4.99 Å². The van der Waals surface area contributed by atoms with Gasteiger partial charge in [0.1, 0.15) is 23.8 Å². The maximum Gasteiger partial charge on any atom is 0.258 e. The first-order valence-corrected chi connectivity index (χ1v) is 10.6. The maximum atomic E-state index is 13.3. The van der Waals surface area contributed by atoms with Gasteiger partial charge >= 0.3 is 0 Å². The van der Waals surface area contributed by atoms with Gasteiger partial charge < -0.3 is 30.2 Å². The minimum Gasteiger partial charge on any atom is -0.484 e. The maximum absolute atomic E-state index is 13.3. The Bertz CT molecular complexity index is 1020. The molecule has 0 radical (unpaired) electrons. The van der Waals surface area contributed by atoms with Crippen LogP contribution in [0.1, 0.15) is 30.6 Å². The Morgan fingerprint density at radius 1 is 1.39 bits per heavy atom. The van der Waals surface area contributed by atoms with E-state index in [4.69, 9.17) is 26.5 Å². The van der Waals surface area contributed by atoms with Crippen molar-refractivity contribution in [1.82, 2.24) is 10.2 Å². The lowest BCUT2D eigenvalue weighted by Crippen LogP contribution is -2.32. The summed E-state index contributed by atoms with van der Waals surface area (Å²) in [7, 11) is 0. The second-order valence-corrected chi connectivity index (χ2v) is 8.07. The average Bonchev–Trinajstić information content (AvgIpc) is 3.35. The zero-order chi connectivity index (χ0) is 22.1. The number of carbonyl (C=O) groups excluding carboxylic acids is 1. The minimum atomic E-state index is -0.731. The highest BCUT2D eigenvalue weighted by Crippen LogP contribution is 2.28. The van der Waals surface area contributed by atoms with Crippen molar-refractivity contribution in [3.05, 3.63) is 52.0 Å². The standard InChI is InChI=1S/C22H25ClN4O4/c1-3-16-20(23)12(2)25-21(26-16)14-8-27(9-15(14)24)22(29)13-6-4-5-7-18(13)31-19-11-30-10-17(19)28/h4-7,17,19,24,26,28H,3,8-11H2,1-2H3/b21-14-,24-15?/t17-,19-/m0/s1. The predicted molar refractivity (Wildman–Crippen MR) is 118 cm³/mol. The van der Waals surface area contributed by atoms with Crippen LogP contribution in [0.2, 0.25) is 0 Å². The fourth-order valence-corrected chi connectivity index (χ4v) is 3.98. The molecule has 0 aliphatic carbocycles. The highest BCUT2D eigenvalue weighted by molar-refractivity contribution is 6.43. The summed E-state index contributed by atoms with van der Waals surface area (Å²) >= 11 is 6.30. The first kappa shape index (κ1) is 21.5. The molecule has 2 saturated heterocycles. The van der Waals surface area contributed by atoms with Crippen molar-refractivity contribution in [1.29, 1.82) is 5.41 Å². The van der Waals surface area contributed by atoms with Gasteiger partial charge in [0.05, 0.1) is 48.3 Å². The Kier molecular flexibility index (Phi) is 6.13. The molecule has 164 valence electrons. The van der Waals surface area contributed by atoms with Crippen molar-refractivity contribution < 1.29 is 19.4 Å². The van der Waals surface area contributed by atoms with Crippen molar-refractivity contribution in [3.8, 4) is 5.75 Å². The molecule has 0 bridgehead atoms. The summed E-state index contributed by atoms with van der Waals surface area (Å²) < 4.78 is 11.1. The van der Waals surface area contributed by atoms with E-state index in [1.807, 2.05) is 13.8 Å². The molecule has 0 saturated carbocycles. The average molecular weight is 445 g/mol. The molecule has 8 nitrogen and oxygen atoms in total. The Labute approximate surface area is 185 Å². The van der Waals surface area contributed by atoms with E-state index in [1.165, 1.54) is 0 Å². The monoisotopic (exact) mass is 444 g/mol. The summed E-state index contributed by atoms with van der Waals surface area (Å²) in [5, 5.41) is 22.2. The van der Waals surface area contributed by atoms with E-state index >= 15 is 0 Å². The van der Waals surface area contributed by atoms with E-state index in [0.29, 0.717) is 45.6 Å². The van der Waals surface area contributed by atoms with Crippen LogP contribution in [-0.4, -0.2) is 65.8 Å². The van der Waals surface area contributed by atoms with Crippen LogP contribution in [0, 0.1) is 5.41 Å². The number of aliphatic hydroxyl groups excluding tert-OH is 1. The number of carbonyl (C=O) groups is 1. The SMILES string of the molecule is CCC1=C(Cl)C(C)=N/C(=C2\CN(C(=O)c3ccccc3O[C@H]3COC[C@@H]3O)CC2=N)N1. The lowest BCUT2D eigenvalue weighted by atomic mass is 10.1. The number of amides is 1. The van der Waals surface area contributed by atoms with Crippen LogP contribution in [0.15, 0.2) is 51.4 Å². The third-order valence-electron chi connectivity index (χ3n) is 5.52. The van der Waals surface area contributed by atoms with Crippen molar-refractivity contribution in [2.45, 2.75) is 32.5 Å². The van der Waals surface area contributed by atoms with Gasteiger partial charge in [0, 0.05) is 11.3 Å². The van der Waals surface area contributed by atoms with Gasteiger partial charge in [-0.25, -0.2) is 4.99 Å². The lowest BCUT2D eigenvalue weighted by Gasteiger charge is -2.21. The second-order valence-electron chi connectivity index (χ2n) is 7.69. The number of halogens is 1. The van der Waals surface area contributed by atoms with Crippen molar-refractivity contribution in [2.75, 3.05) is 26.3 Å². The van der Waals surface area contributed by atoms with Crippen LogP contribution < -0.4 is 10.1 Å². The number of nitrogens with zero attached hydrogens (tertiary/aromatic N) is 2. The topological polar surface area (TPSA) is 107 Å². The fraction of sp³-hybridized carbons (Fsp3) is 0.409. The molecule has 2 fully saturated rings. The van der Waals surface area contributed by atoms with Gasteiger partial charge in [-0.05, 0) is 25.5 Å². The largest absolute Gasteiger partial charge is 0.484 e. The highest BCUT2D eigenvalue weighted by Gasteiger charge is 2.33. The smallest absolute Gasteiger partial charge is 0.258 e. The Balaban J connectivity index is 1.56. The number of aliphatic hydroxyl groups is 1. The summed E-state index contributed by atoms with van der Waals surface area (Å²) in [5.74, 6) is 0.710. The van der Waals surface area contributed by atoms with E-state index in [9.17, 15) is 9.90 Å².